The van der Waals surface area contributed by atoms with Gasteiger partial charge in [0, 0.05) is 5.56 Å². The van der Waals surface area contributed by atoms with Gasteiger partial charge in [0.15, 0.2) is 0 Å². The van der Waals surface area contributed by atoms with Crippen molar-refractivity contribution in [2.24, 2.45) is 10.8 Å². The Morgan fingerprint density at radius 3 is 2.70 bits per heavy atom. The van der Waals surface area contributed by atoms with Crippen LogP contribution < -0.4 is 11.2 Å². The van der Waals surface area contributed by atoms with E-state index in [-0.39, 0.29) is 5.96 Å². The van der Waals surface area contributed by atoms with Crippen molar-refractivity contribution in [2.45, 2.75) is 13.8 Å². The van der Waals surface area contributed by atoms with E-state index in [9.17, 15) is 0 Å². The first kappa shape index (κ1) is 15.2. The molecule has 0 atom stereocenters. The van der Waals surface area contributed by atoms with Crippen molar-refractivity contribution in [1.82, 2.24) is 10.4 Å². The van der Waals surface area contributed by atoms with E-state index in [2.05, 4.69) is 45.8 Å². The van der Waals surface area contributed by atoms with Gasteiger partial charge in [0.2, 0.25) is 5.96 Å². The van der Waals surface area contributed by atoms with E-state index in [1.54, 1.807) is 11.3 Å². The van der Waals surface area contributed by atoms with Crippen molar-refractivity contribution in [1.29, 1.82) is 5.41 Å². The van der Waals surface area contributed by atoms with Crippen molar-refractivity contribution >= 4 is 33.8 Å². The Morgan fingerprint density at radius 2 is 1.96 bits per heavy atom. The lowest BCUT2D eigenvalue weighted by atomic mass is 10.1. The molecule has 3 aromatic rings. The molecule has 1 heterocycles. The minimum Gasteiger partial charge on any atom is -0.369 e. The molecule has 4 N–H and O–H groups in total. The SMILES string of the molecule is CC(=NNC(=N)N)c1sc(-c2ccc3ccccc3c2)nc1C. The van der Waals surface area contributed by atoms with Crippen LogP contribution in [0.25, 0.3) is 21.3 Å². The summed E-state index contributed by atoms with van der Waals surface area (Å²) in [5, 5.41) is 14.6. The molecule has 0 bridgehead atoms. The summed E-state index contributed by atoms with van der Waals surface area (Å²) < 4.78 is 0. The highest BCUT2D eigenvalue weighted by atomic mass is 32.1. The maximum absolute atomic E-state index is 7.17. The number of benzene rings is 2. The van der Waals surface area contributed by atoms with Crippen LogP contribution in [-0.4, -0.2) is 16.7 Å². The number of nitrogens with one attached hydrogen (secondary N) is 2. The second kappa shape index (κ2) is 6.18. The van der Waals surface area contributed by atoms with Crippen molar-refractivity contribution in [2.75, 3.05) is 0 Å². The molecule has 0 spiro atoms. The van der Waals surface area contributed by atoms with Crippen molar-refractivity contribution in [3.63, 3.8) is 0 Å². The summed E-state index contributed by atoms with van der Waals surface area (Å²) in [7, 11) is 0. The quantitative estimate of drug-likeness (QED) is 0.392. The van der Waals surface area contributed by atoms with Gasteiger partial charge in [0.1, 0.15) is 5.01 Å². The van der Waals surface area contributed by atoms with E-state index >= 15 is 0 Å². The molecule has 3 rings (SSSR count). The van der Waals surface area contributed by atoms with E-state index in [0.717, 1.165) is 26.9 Å². The predicted molar refractivity (Wildman–Crippen MR) is 97.1 cm³/mol. The van der Waals surface area contributed by atoms with Gasteiger partial charge in [0.25, 0.3) is 0 Å². The van der Waals surface area contributed by atoms with Crippen molar-refractivity contribution in [3.8, 4) is 10.6 Å². The van der Waals surface area contributed by atoms with E-state index in [0.29, 0.717) is 0 Å². The van der Waals surface area contributed by atoms with Gasteiger partial charge in [-0.05, 0) is 30.7 Å². The average Bonchev–Trinajstić information content (AvgIpc) is 2.94. The summed E-state index contributed by atoms with van der Waals surface area (Å²) in [6.07, 6.45) is 0. The fraction of sp³-hybridized carbons (Fsp3) is 0.118. The maximum Gasteiger partial charge on any atom is 0.206 e. The van der Waals surface area contributed by atoms with Crippen LogP contribution in [0.2, 0.25) is 0 Å². The second-order valence-electron chi connectivity index (χ2n) is 5.22. The average molecular weight is 323 g/mol. The Labute approximate surface area is 138 Å². The molecule has 0 unspecified atom stereocenters. The molecule has 6 heteroatoms. The molecule has 116 valence electrons. The summed E-state index contributed by atoms with van der Waals surface area (Å²) in [5.41, 5.74) is 10.5. The van der Waals surface area contributed by atoms with Crippen molar-refractivity contribution < 1.29 is 0 Å². The molecule has 0 saturated heterocycles. The smallest absolute Gasteiger partial charge is 0.206 e. The highest BCUT2D eigenvalue weighted by Crippen LogP contribution is 2.30. The Kier molecular flexibility index (Phi) is 4.08. The monoisotopic (exact) mass is 323 g/mol. The Bertz CT molecular complexity index is 910. The lowest BCUT2D eigenvalue weighted by Crippen LogP contribution is -2.26. The lowest BCUT2D eigenvalue weighted by Gasteiger charge is -2.00. The molecule has 0 fully saturated rings. The van der Waals surface area contributed by atoms with Crippen LogP contribution in [0.3, 0.4) is 0 Å². The van der Waals surface area contributed by atoms with Gasteiger partial charge >= 0.3 is 0 Å². The molecule has 23 heavy (non-hydrogen) atoms. The van der Waals surface area contributed by atoms with Crippen LogP contribution in [-0.2, 0) is 0 Å². The van der Waals surface area contributed by atoms with Gasteiger partial charge in [0.05, 0.1) is 16.3 Å². The number of nitrogens with zero attached hydrogens (tertiary/aromatic N) is 2. The normalized spacial score (nSPS) is 11.7. The summed E-state index contributed by atoms with van der Waals surface area (Å²) >= 11 is 1.59. The number of guanidine groups is 1. The van der Waals surface area contributed by atoms with Gasteiger partial charge in [-0.2, -0.15) is 5.10 Å². The highest BCUT2D eigenvalue weighted by Gasteiger charge is 2.12. The molecule has 0 aliphatic carbocycles. The number of aryl methyl sites for hydroxylation is 1. The molecule has 1 aromatic heterocycles. The molecule has 0 aliphatic rings. The predicted octanol–water partition coefficient (Wildman–Crippen LogP) is 3.48. The number of hydrogen-bond acceptors (Lipinski definition) is 4. The number of hydrogen-bond donors (Lipinski definition) is 3. The minimum atomic E-state index is -0.179. The molecule has 0 aliphatic heterocycles. The Hall–Kier alpha value is -2.73. The first-order valence-corrected chi connectivity index (χ1v) is 7.97. The highest BCUT2D eigenvalue weighted by molar-refractivity contribution is 7.17. The number of hydrazone groups is 1. The first-order valence-electron chi connectivity index (χ1n) is 7.16. The number of aromatic nitrogens is 1. The third-order valence-electron chi connectivity index (χ3n) is 3.47. The largest absolute Gasteiger partial charge is 0.369 e. The second-order valence-corrected chi connectivity index (χ2v) is 6.22. The Balaban J connectivity index is 1.98. The van der Waals surface area contributed by atoms with Crippen molar-refractivity contribution in [3.05, 3.63) is 53.0 Å². The summed E-state index contributed by atoms with van der Waals surface area (Å²) in [6, 6.07) is 14.6. The first-order chi connectivity index (χ1) is 11.0. The molecule has 0 amide bonds. The standard InChI is InChI=1S/C17H17N5S/c1-10-15(11(2)21-22-17(18)19)23-16(20-10)14-8-7-12-5-3-4-6-13(12)9-14/h3-9H,1-2H3,(H4,18,19,22). The summed E-state index contributed by atoms with van der Waals surface area (Å²) in [4.78, 5) is 5.65. The zero-order valence-electron chi connectivity index (χ0n) is 12.9. The fourth-order valence-electron chi connectivity index (χ4n) is 2.37. The minimum absolute atomic E-state index is 0.179. The van der Waals surface area contributed by atoms with Crippen LogP contribution in [0.4, 0.5) is 0 Å². The van der Waals surface area contributed by atoms with E-state index in [4.69, 9.17) is 11.1 Å². The molecule has 2 aromatic carbocycles. The molecule has 0 saturated carbocycles. The molecular formula is C17H17N5S. The lowest BCUT2D eigenvalue weighted by molar-refractivity contribution is 0.992. The zero-order valence-corrected chi connectivity index (χ0v) is 13.7. The topological polar surface area (TPSA) is 87.2 Å². The molecule has 0 radical (unpaired) electrons. The Morgan fingerprint density at radius 1 is 1.22 bits per heavy atom. The molecular weight excluding hydrogens is 306 g/mol. The number of rotatable bonds is 3. The summed E-state index contributed by atoms with van der Waals surface area (Å²) in [5.74, 6) is -0.179. The zero-order chi connectivity index (χ0) is 16.4. The van der Waals surface area contributed by atoms with E-state index < -0.39 is 0 Å². The molecule has 5 nitrogen and oxygen atoms in total. The maximum atomic E-state index is 7.17. The van der Waals surface area contributed by atoms with Gasteiger partial charge in [-0.15, -0.1) is 11.3 Å². The fourth-order valence-corrected chi connectivity index (χ4v) is 3.38. The van der Waals surface area contributed by atoms with Crippen LogP contribution in [0.15, 0.2) is 47.6 Å². The van der Waals surface area contributed by atoms with Gasteiger partial charge in [-0.3, -0.25) is 5.41 Å². The van der Waals surface area contributed by atoms with E-state index in [1.165, 1.54) is 10.8 Å². The number of thiazole rings is 1. The van der Waals surface area contributed by atoms with Crippen LogP contribution >= 0.6 is 11.3 Å². The van der Waals surface area contributed by atoms with Crippen LogP contribution in [0.5, 0.6) is 0 Å². The number of nitrogens with two attached hydrogens (primary N) is 1. The summed E-state index contributed by atoms with van der Waals surface area (Å²) in [6.45, 7) is 3.84. The van der Waals surface area contributed by atoms with E-state index in [1.807, 2.05) is 26.0 Å². The van der Waals surface area contributed by atoms with Gasteiger partial charge < -0.3 is 5.73 Å². The van der Waals surface area contributed by atoms with Gasteiger partial charge in [-0.25, -0.2) is 10.4 Å². The van der Waals surface area contributed by atoms with Crippen LogP contribution in [0, 0.1) is 12.3 Å². The van der Waals surface area contributed by atoms with Gasteiger partial charge in [-0.1, -0.05) is 36.4 Å². The third kappa shape index (κ3) is 3.22. The van der Waals surface area contributed by atoms with Crippen LogP contribution in [0.1, 0.15) is 17.5 Å². The third-order valence-corrected chi connectivity index (χ3v) is 4.78. The number of fused-ring (bicyclic) bond motifs is 1.